The number of nitrogens with one attached hydrogen (secondary N) is 1. The highest BCUT2D eigenvalue weighted by Crippen LogP contribution is 2.14. The number of fused-ring (bicyclic) bond motifs is 1. The molecule has 124 valence electrons. The Morgan fingerprint density at radius 3 is 2.86 bits per heavy atom. The van der Waals surface area contributed by atoms with Gasteiger partial charge < -0.3 is 10.2 Å². The smallest absolute Gasteiger partial charge is 0.317 e. The first-order valence-corrected chi connectivity index (χ1v) is 8.33. The minimum absolute atomic E-state index is 0.0801. The summed E-state index contributed by atoms with van der Waals surface area (Å²) in [7, 11) is 3.48. The molecule has 0 spiro atoms. The lowest BCUT2D eigenvalue weighted by Gasteiger charge is -2.27. The summed E-state index contributed by atoms with van der Waals surface area (Å²) in [4.78, 5) is 15.6. The molecule has 1 N–H and O–H groups in total. The number of hydrogen-bond acceptors (Lipinski definition) is 3. The molecule has 0 atom stereocenters. The van der Waals surface area contributed by atoms with Crippen molar-refractivity contribution in [1.29, 1.82) is 0 Å². The van der Waals surface area contributed by atoms with Gasteiger partial charge in [-0.15, -0.1) is 0 Å². The fourth-order valence-electron chi connectivity index (χ4n) is 2.74. The number of urea groups is 1. The van der Waals surface area contributed by atoms with Crippen molar-refractivity contribution >= 4 is 6.03 Å². The monoisotopic (exact) mass is 307 g/mol. The van der Waals surface area contributed by atoms with E-state index in [1.54, 1.807) is 14.1 Å². The highest BCUT2D eigenvalue weighted by atomic mass is 16.2. The van der Waals surface area contributed by atoms with Crippen LogP contribution in [0.15, 0.2) is 6.07 Å². The highest BCUT2D eigenvalue weighted by Gasteiger charge is 2.18. The lowest BCUT2D eigenvalue weighted by Crippen LogP contribution is -2.34. The molecule has 0 aromatic carbocycles. The van der Waals surface area contributed by atoms with Crippen LogP contribution in [0.5, 0.6) is 0 Å². The quantitative estimate of drug-likeness (QED) is 0.784. The molecule has 2 heterocycles. The minimum atomic E-state index is -0.0801. The van der Waals surface area contributed by atoms with Crippen LogP contribution in [0.4, 0.5) is 4.79 Å². The number of carbonyl (C=O) groups excluding carboxylic acids is 1. The van der Waals surface area contributed by atoms with E-state index < -0.39 is 0 Å². The Bertz CT molecular complexity index is 483. The first-order valence-electron chi connectivity index (χ1n) is 8.33. The molecule has 0 bridgehead atoms. The third-order valence-corrected chi connectivity index (χ3v) is 4.08. The molecule has 0 fully saturated rings. The summed E-state index contributed by atoms with van der Waals surface area (Å²) in [5.41, 5.74) is 2.20. The van der Waals surface area contributed by atoms with Gasteiger partial charge in [0.05, 0.1) is 24.5 Å². The largest absolute Gasteiger partial charge is 0.332 e. The number of hydrogen-bond donors (Lipinski definition) is 1. The van der Waals surface area contributed by atoms with Crippen LogP contribution in [-0.2, 0) is 19.6 Å². The van der Waals surface area contributed by atoms with Crippen molar-refractivity contribution in [2.24, 2.45) is 0 Å². The predicted molar refractivity (Wildman–Crippen MR) is 87.6 cm³/mol. The Morgan fingerprint density at radius 1 is 1.32 bits per heavy atom. The Balaban J connectivity index is 1.81. The average Bonchev–Trinajstić information content (AvgIpc) is 2.91. The van der Waals surface area contributed by atoms with Crippen molar-refractivity contribution in [2.75, 3.05) is 27.2 Å². The molecule has 6 nitrogen and oxygen atoms in total. The minimum Gasteiger partial charge on any atom is -0.332 e. The summed E-state index contributed by atoms with van der Waals surface area (Å²) >= 11 is 0. The third-order valence-electron chi connectivity index (χ3n) is 4.08. The van der Waals surface area contributed by atoms with Gasteiger partial charge in [-0.25, -0.2) is 4.79 Å². The van der Waals surface area contributed by atoms with Crippen LogP contribution in [0, 0.1) is 0 Å². The number of unbranched alkanes of at least 4 members (excludes halogenated alkanes) is 3. The molecule has 1 aliphatic rings. The number of nitrogens with zero attached hydrogens (tertiary/aromatic N) is 4. The highest BCUT2D eigenvalue weighted by molar-refractivity contribution is 5.73. The normalized spacial score (nSPS) is 14.7. The first kappa shape index (κ1) is 16.8. The molecule has 1 aromatic heterocycles. The van der Waals surface area contributed by atoms with E-state index in [0.29, 0.717) is 6.54 Å². The summed E-state index contributed by atoms with van der Waals surface area (Å²) in [6.45, 7) is 6.91. The Hall–Kier alpha value is -1.56. The van der Waals surface area contributed by atoms with Gasteiger partial charge in [0.1, 0.15) is 0 Å². The van der Waals surface area contributed by atoms with Crippen LogP contribution in [0.25, 0.3) is 0 Å². The number of carbonyl (C=O) groups is 1. The second-order valence-corrected chi connectivity index (χ2v) is 6.24. The van der Waals surface area contributed by atoms with Crippen molar-refractivity contribution in [3.8, 4) is 0 Å². The van der Waals surface area contributed by atoms with Gasteiger partial charge in [0, 0.05) is 27.2 Å². The molecule has 2 rings (SSSR count). The van der Waals surface area contributed by atoms with E-state index >= 15 is 0 Å². The Morgan fingerprint density at radius 2 is 2.14 bits per heavy atom. The van der Waals surface area contributed by atoms with Gasteiger partial charge >= 0.3 is 6.03 Å². The molecule has 0 saturated carbocycles. The van der Waals surface area contributed by atoms with Crippen LogP contribution in [0.2, 0.25) is 0 Å². The van der Waals surface area contributed by atoms with Gasteiger partial charge in [-0.1, -0.05) is 26.2 Å². The SMILES string of the molecule is CCCCCCN1CCn2nc(CNC(=O)N(C)C)cc2C1. The molecule has 0 aliphatic carbocycles. The van der Waals surface area contributed by atoms with Gasteiger partial charge in [0.25, 0.3) is 0 Å². The van der Waals surface area contributed by atoms with Crippen LogP contribution in [-0.4, -0.2) is 52.8 Å². The average molecular weight is 307 g/mol. The number of rotatable bonds is 7. The second-order valence-electron chi connectivity index (χ2n) is 6.24. The molecular weight excluding hydrogens is 278 g/mol. The maximum Gasteiger partial charge on any atom is 0.317 e. The van der Waals surface area contributed by atoms with Gasteiger partial charge in [-0.2, -0.15) is 5.10 Å². The van der Waals surface area contributed by atoms with Crippen molar-refractivity contribution in [3.05, 3.63) is 17.5 Å². The fourth-order valence-corrected chi connectivity index (χ4v) is 2.74. The summed E-state index contributed by atoms with van der Waals surface area (Å²) < 4.78 is 2.08. The molecule has 1 aromatic rings. The fraction of sp³-hybridized carbons (Fsp3) is 0.750. The van der Waals surface area contributed by atoms with Gasteiger partial charge in [0.15, 0.2) is 0 Å². The predicted octanol–water partition coefficient (Wildman–Crippen LogP) is 2.05. The molecule has 0 unspecified atom stereocenters. The molecule has 2 amide bonds. The zero-order chi connectivity index (χ0) is 15.9. The maximum atomic E-state index is 11.6. The zero-order valence-electron chi connectivity index (χ0n) is 14.1. The Labute approximate surface area is 133 Å². The Kier molecular flexibility index (Phi) is 6.24. The van der Waals surface area contributed by atoms with E-state index in [4.69, 9.17) is 0 Å². The summed E-state index contributed by atoms with van der Waals surface area (Å²) in [6, 6.07) is 2.04. The van der Waals surface area contributed by atoms with Crippen LogP contribution < -0.4 is 5.32 Å². The topological polar surface area (TPSA) is 53.4 Å². The van der Waals surface area contributed by atoms with E-state index in [1.807, 2.05) is 0 Å². The van der Waals surface area contributed by atoms with E-state index in [-0.39, 0.29) is 6.03 Å². The van der Waals surface area contributed by atoms with Gasteiger partial charge in [-0.3, -0.25) is 9.58 Å². The zero-order valence-corrected chi connectivity index (χ0v) is 14.1. The number of amides is 2. The van der Waals surface area contributed by atoms with Crippen molar-refractivity contribution in [2.45, 2.75) is 52.2 Å². The maximum absolute atomic E-state index is 11.6. The van der Waals surface area contributed by atoms with E-state index in [2.05, 4.69) is 33.0 Å². The lowest BCUT2D eigenvalue weighted by atomic mass is 10.2. The third kappa shape index (κ3) is 4.73. The summed E-state index contributed by atoms with van der Waals surface area (Å²) in [6.07, 6.45) is 5.23. The molecule has 6 heteroatoms. The standard InChI is InChI=1S/C16H29N5O/c1-4-5-6-7-8-20-9-10-21-15(13-20)11-14(18-21)12-17-16(22)19(2)3/h11H,4-10,12-13H2,1-3H3,(H,17,22). The van der Waals surface area contributed by atoms with Crippen LogP contribution in [0.1, 0.15) is 44.0 Å². The second kappa shape index (κ2) is 8.17. The van der Waals surface area contributed by atoms with Crippen molar-refractivity contribution in [3.63, 3.8) is 0 Å². The van der Waals surface area contributed by atoms with Crippen LogP contribution in [0.3, 0.4) is 0 Å². The van der Waals surface area contributed by atoms with Crippen molar-refractivity contribution in [1.82, 2.24) is 24.9 Å². The lowest BCUT2D eigenvalue weighted by molar-refractivity contribution is 0.208. The summed E-state index contributed by atoms with van der Waals surface area (Å²) in [5.74, 6) is 0. The van der Waals surface area contributed by atoms with Gasteiger partial charge in [-0.05, 0) is 19.0 Å². The molecule has 22 heavy (non-hydrogen) atoms. The van der Waals surface area contributed by atoms with E-state index in [1.165, 1.54) is 42.8 Å². The molecular formula is C16H29N5O. The molecule has 0 radical (unpaired) electrons. The van der Waals surface area contributed by atoms with Gasteiger partial charge in [0.2, 0.25) is 0 Å². The van der Waals surface area contributed by atoms with E-state index in [0.717, 1.165) is 25.3 Å². The number of aromatic nitrogens is 2. The molecule has 0 saturated heterocycles. The van der Waals surface area contributed by atoms with Crippen LogP contribution >= 0.6 is 0 Å². The first-order chi connectivity index (χ1) is 10.6. The molecule has 1 aliphatic heterocycles. The van der Waals surface area contributed by atoms with Crippen molar-refractivity contribution < 1.29 is 4.79 Å². The van der Waals surface area contributed by atoms with E-state index in [9.17, 15) is 4.79 Å². The summed E-state index contributed by atoms with van der Waals surface area (Å²) in [5, 5.41) is 7.45.